The fourth-order valence-electron chi connectivity index (χ4n) is 6.89. The molecule has 0 atom stereocenters. The van der Waals surface area contributed by atoms with Gasteiger partial charge in [-0.1, -0.05) is 127 Å². The van der Waals surface area contributed by atoms with E-state index in [0.717, 1.165) is 66.4 Å². The molecular formula is C46H28FN5. The van der Waals surface area contributed by atoms with Gasteiger partial charge >= 0.3 is 0 Å². The van der Waals surface area contributed by atoms with Crippen molar-refractivity contribution in [1.82, 2.24) is 19.5 Å². The van der Waals surface area contributed by atoms with Crippen LogP contribution in [-0.4, -0.2) is 19.5 Å². The van der Waals surface area contributed by atoms with Crippen molar-refractivity contribution in [3.63, 3.8) is 0 Å². The summed E-state index contributed by atoms with van der Waals surface area (Å²) in [5.74, 6) is 1.36. The molecule has 0 radical (unpaired) electrons. The number of hydrogen-bond donors (Lipinski definition) is 0. The second-order valence-electron chi connectivity index (χ2n) is 12.5. The lowest BCUT2D eigenvalue weighted by atomic mass is 9.99. The second kappa shape index (κ2) is 12.9. The maximum atomic E-state index is 14.1. The Morgan fingerprint density at radius 3 is 1.73 bits per heavy atom. The van der Waals surface area contributed by atoms with Gasteiger partial charge in [-0.25, -0.2) is 19.3 Å². The molecule has 2 aromatic heterocycles. The molecule has 0 N–H and O–H groups in total. The van der Waals surface area contributed by atoms with Gasteiger partial charge in [0.1, 0.15) is 5.82 Å². The van der Waals surface area contributed by atoms with Gasteiger partial charge in [-0.3, -0.25) is 0 Å². The molecule has 0 unspecified atom stereocenters. The Morgan fingerprint density at radius 1 is 0.442 bits per heavy atom. The zero-order valence-electron chi connectivity index (χ0n) is 27.8. The van der Waals surface area contributed by atoms with Crippen LogP contribution < -0.4 is 0 Å². The minimum Gasteiger partial charge on any atom is -0.308 e. The van der Waals surface area contributed by atoms with Crippen LogP contribution in [0.25, 0.3) is 83.9 Å². The summed E-state index contributed by atoms with van der Waals surface area (Å²) < 4.78 is 16.3. The molecule has 0 aliphatic rings. The largest absolute Gasteiger partial charge is 0.308 e. The summed E-state index contributed by atoms with van der Waals surface area (Å²) in [6.45, 7) is 0. The summed E-state index contributed by atoms with van der Waals surface area (Å²) in [5.41, 5.74) is 9.57. The fourth-order valence-corrected chi connectivity index (χ4v) is 6.89. The first kappa shape index (κ1) is 30.8. The third-order valence-electron chi connectivity index (χ3n) is 9.39. The maximum Gasteiger partial charge on any atom is 0.166 e. The molecule has 6 heteroatoms. The Morgan fingerprint density at radius 2 is 1.02 bits per heavy atom. The van der Waals surface area contributed by atoms with Crippen molar-refractivity contribution < 1.29 is 4.39 Å². The molecular weight excluding hydrogens is 642 g/mol. The predicted molar refractivity (Wildman–Crippen MR) is 206 cm³/mol. The standard InChI is InChI=1S/C46H28FN5/c47-36-23-19-30(20-24-36)33-21-26-40(46-50-44(31-11-3-1-4-12-31)49-45(51-46)32-13-5-2-6-14-32)43(27-33)52-41-18-10-9-17-38(41)39-25-22-34(28-42(39)52)37-16-8-7-15-35(37)29-48/h1-28H. The number of rotatable bonds is 6. The lowest BCUT2D eigenvalue weighted by Crippen LogP contribution is -2.04. The van der Waals surface area contributed by atoms with Crippen LogP contribution in [-0.2, 0) is 0 Å². The van der Waals surface area contributed by atoms with Gasteiger partial charge in [0, 0.05) is 27.5 Å². The molecule has 2 heterocycles. The van der Waals surface area contributed by atoms with Crippen molar-refractivity contribution in [1.29, 1.82) is 5.26 Å². The number of benzene rings is 7. The van der Waals surface area contributed by atoms with Crippen LogP contribution in [0.15, 0.2) is 170 Å². The average Bonchev–Trinajstić information content (AvgIpc) is 3.55. The van der Waals surface area contributed by atoms with E-state index in [1.54, 1.807) is 12.1 Å². The number of hydrogen-bond acceptors (Lipinski definition) is 4. The molecule has 0 aliphatic heterocycles. The molecule has 7 aromatic carbocycles. The van der Waals surface area contributed by atoms with Gasteiger partial charge in [-0.05, 0) is 64.7 Å². The van der Waals surface area contributed by atoms with E-state index in [4.69, 9.17) is 15.0 Å². The Balaban J connectivity index is 1.36. The van der Waals surface area contributed by atoms with Gasteiger partial charge in [0.25, 0.3) is 0 Å². The van der Waals surface area contributed by atoms with Crippen molar-refractivity contribution >= 4 is 21.8 Å². The summed E-state index contributed by atoms with van der Waals surface area (Å²) in [4.78, 5) is 15.2. The predicted octanol–water partition coefficient (Wildman–Crippen LogP) is 11.3. The monoisotopic (exact) mass is 669 g/mol. The van der Waals surface area contributed by atoms with Crippen LogP contribution in [0.5, 0.6) is 0 Å². The van der Waals surface area contributed by atoms with Crippen LogP contribution >= 0.6 is 0 Å². The third kappa shape index (κ3) is 5.47. The van der Waals surface area contributed by atoms with E-state index >= 15 is 0 Å². The first-order valence-electron chi connectivity index (χ1n) is 16.9. The molecule has 244 valence electrons. The third-order valence-corrected chi connectivity index (χ3v) is 9.39. The Bertz CT molecular complexity index is 2740. The van der Waals surface area contributed by atoms with Gasteiger partial charge in [0.2, 0.25) is 0 Å². The quantitative estimate of drug-likeness (QED) is 0.177. The number of halogens is 1. The highest BCUT2D eigenvalue weighted by Gasteiger charge is 2.21. The van der Waals surface area contributed by atoms with Crippen LogP contribution in [0.4, 0.5) is 4.39 Å². The second-order valence-corrected chi connectivity index (χ2v) is 12.5. The molecule has 0 aliphatic carbocycles. The number of para-hydroxylation sites is 1. The molecule has 0 saturated carbocycles. The Hall–Kier alpha value is -7.23. The van der Waals surface area contributed by atoms with E-state index in [9.17, 15) is 9.65 Å². The van der Waals surface area contributed by atoms with E-state index in [-0.39, 0.29) is 5.82 Å². The van der Waals surface area contributed by atoms with Gasteiger partial charge in [0.15, 0.2) is 17.5 Å². The smallest absolute Gasteiger partial charge is 0.166 e. The zero-order valence-corrected chi connectivity index (χ0v) is 27.8. The van der Waals surface area contributed by atoms with E-state index in [1.165, 1.54) is 12.1 Å². The molecule has 9 aromatic rings. The van der Waals surface area contributed by atoms with E-state index in [1.807, 2.05) is 109 Å². The molecule has 0 amide bonds. The van der Waals surface area contributed by atoms with Crippen molar-refractivity contribution in [2.24, 2.45) is 0 Å². The minimum absolute atomic E-state index is 0.291. The normalized spacial score (nSPS) is 11.2. The van der Waals surface area contributed by atoms with Crippen molar-refractivity contribution in [3.8, 4) is 68.2 Å². The van der Waals surface area contributed by atoms with Crippen molar-refractivity contribution in [2.75, 3.05) is 0 Å². The lowest BCUT2D eigenvalue weighted by Gasteiger charge is -2.17. The molecule has 0 fully saturated rings. The number of aromatic nitrogens is 4. The molecule has 0 saturated heterocycles. The van der Waals surface area contributed by atoms with Crippen LogP contribution in [0.3, 0.4) is 0 Å². The average molecular weight is 670 g/mol. The molecule has 9 rings (SSSR count). The Kier molecular flexibility index (Phi) is 7.64. The molecule has 5 nitrogen and oxygen atoms in total. The number of fused-ring (bicyclic) bond motifs is 3. The van der Waals surface area contributed by atoms with Crippen LogP contribution in [0.1, 0.15) is 5.56 Å². The van der Waals surface area contributed by atoms with Gasteiger partial charge in [-0.2, -0.15) is 5.26 Å². The van der Waals surface area contributed by atoms with Gasteiger partial charge in [-0.15, -0.1) is 0 Å². The summed E-state index contributed by atoms with van der Waals surface area (Å²) in [5, 5.41) is 12.1. The highest BCUT2D eigenvalue weighted by atomic mass is 19.1. The molecule has 52 heavy (non-hydrogen) atoms. The van der Waals surface area contributed by atoms with E-state index in [0.29, 0.717) is 23.0 Å². The molecule has 0 spiro atoms. The van der Waals surface area contributed by atoms with Crippen molar-refractivity contribution in [2.45, 2.75) is 0 Å². The van der Waals surface area contributed by atoms with Crippen LogP contribution in [0.2, 0.25) is 0 Å². The van der Waals surface area contributed by atoms with Crippen molar-refractivity contribution in [3.05, 3.63) is 181 Å². The minimum atomic E-state index is -0.291. The molecule has 0 bridgehead atoms. The summed E-state index contributed by atoms with van der Waals surface area (Å²) >= 11 is 0. The Labute approximate surface area is 299 Å². The van der Waals surface area contributed by atoms with Gasteiger partial charge < -0.3 is 4.57 Å². The van der Waals surface area contributed by atoms with E-state index in [2.05, 4.69) is 47.0 Å². The van der Waals surface area contributed by atoms with E-state index < -0.39 is 0 Å². The summed E-state index contributed by atoms with van der Waals surface area (Å²) in [6.07, 6.45) is 0. The van der Waals surface area contributed by atoms with Gasteiger partial charge in [0.05, 0.1) is 28.4 Å². The lowest BCUT2D eigenvalue weighted by molar-refractivity contribution is 0.628. The summed E-state index contributed by atoms with van der Waals surface area (Å²) in [6, 6.07) is 57.3. The maximum absolute atomic E-state index is 14.1. The summed E-state index contributed by atoms with van der Waals surface area (Å²) in [7, 11) is 0. The fraction of sp³-hybridized carbons (Fsp3) is 0. The highest BCUT2D eigenvalue weighted by molar-refractivity contribution is 6.11. The SMILES string of the molecule is N#Cc1ccccc1-c1ccc2c3ccccc3n(-c3cc(-c4ccc(F)cc4)ccc3-c3nc(-c4ccccc4)nc(-c4ccccc4)n3)c2c1. The van der Waals surface area contributed by atoms with Crippen LogP contribution in [0, 0.1) is 17.1 Å². The first-order chi connectivity index (χ1) is 25.6. The first-order valence-corrected chi connectivity index (χ1v) is 16.9. The zero-order chi connectivity index (χ0) is 35.0. The number of nitrogens with zero attached hydrogens (tertiary/aromatic N) is 5. The topological polar surface area (TPSA) is 67.4 Å². The number of nitriles is 1. The highest BCUT2D eigenvalue weighted by Crippen LogP contribution is 2.40.